The summed E-state index contributed by atoms with van der Waals surface area (Å²) in [5.74, 6) is -0.849. The van der Waals surface area contributed by atoms with Crippen LogP contribution < -0.4 is 5.32 Å². The smallest absolute Gasteiger partial charge is 0.342 e. The molecule has 2 atom stereocenters. The molecule has 2 heterocycles. The summed E-state index contributed by atoms with van der Waals surface area (Å²) in [6.07, 6.45) is -4.46. The van der Waals surface area contributed by atoms with Crippen LogP contribution >= 0.6 is 0 Å². The molecule has 0 fully saturated rings. The van der Waals surface area contributed by atoms with Gasteiger partial charge in [-0.3, -0.25) is 14.5 Å². The fourth-order valence-corrected chi connectivity index (χ4v) is 5.00. The van der Waals surface area contributed by atoms with Gasteiger partial charge in [-0.1, -0.05) is 48.5 Å². The highest BCUT2D eigenvalue weighted by Crippen LogP contribution is 2.42. The number of carbonyl (C=O) groups is 3. The van der Waals surface area contributed by atoms with Gasteiger partial charge in [0.15, 0.2) is 0 Å². The number of amides is 4. The first kappa shape index (κ1) is 27.2. The van der Waals surface area contributed by atoms with Gasteiger partial charge in [-0.05, 0) is 38.0 Å². The molecule has 38 heavy (non-hydrogen) atoms. The summed E-state index contributed by atoms with van der Waals surface area (Å²) in [7, 11) is 1.66. The summed E-state index contributed by atoms with van der Waals surface area (Å²) < 4.78 is 41.8. The molecular weight excluding hydrogens is 497 g/mol. The molecule has 0 bridgehead atoms. The van der Waals surface area contributed by atoms with Gasteiger partial charge in [-0.25, -0.2) is 4.79 Å². The van der Waals surface area contributed by atoms with Crippen molar-refractivity contribution in [3.63, 3.8) is 0 Å². The number of hydrogen-bond acceptors (Lipinski definition) is 3. The Bertz CT molecular complexity index is 1260. The molecule has 7 nitrogen and oxygen atoms in total. The minimum atomic E-state index is -4.68. The van der Waals surface area contributed by atoms with Crippen LogP contribution in [0.4, 0.5) is 18.0 Å². The number of rotatable bonds is 7. The predicted octanol–water partition coefficient (Wildman–Crippen LogP) is 4.37. The first-order valence-corrected chi connectivity index (χ1v) is 12.5. The first-order valence-electron chi connectivity index (χ1n) is 12.5. The quantitative estimate of drug-likeness (QED) is 0.580. The Morgan fingerprint density at radius 1 is 1.08 bits per heavy atom. The van der Waals surface area contributed by atoms with E-state index in [1.807, 2.05) is 44.2 Å². The van der Waals surface area contributed by atoms with Gasteiger partial charge in [-0.15, -0.1) is 0 Å². The van der Waals surface area contributed by atoms with Crippen LogP contribution in [0.5, 0.6) is 0 Å². The van der Waals surface area contributed by atoms with Crippen LogP contribution in [-0.4, -0.2) is 64.8 Å². The third kappa shape index (κ3) is 4.99. The zero-order valence-corrected chi connectivity index (χ0v) is 21.7. The van der Waals surface area contributed by atoms with Crippen molar-refractivity contribution in [3.8, 4) is 0 Å². The number of likely N-dealkylation sites (N-methyl/N-ethyl adjacent to an activating group) is 2. The van der Waals surface area contributed by atoms with Crippen LogP contribution in [0.25, 0.3) is 0 Å². The van der Waals surface area contributed by atoms with Crippen molar-refractivity contribution in [3.05, 3.63) is 82.6 Å². The zero-order valence-electron chi connectivity index (χ0n) is 21.7. The predicted molar refractivity (Wildman–Crippen MR) is 136 cm³/mol. The summed E-state index contributed by atoms with van der Waals surface area (Å²) in [5.41, 5.74) is 0.0746. The lowest BCUT2D eigenvalue weighted by molar-refractivity contribution is -0.143. The standard InChI is InChI=1S/C28H31F3N4O3/c1-5-34-22-16-35(21(25(36)33(4)17(2)3)15-18-11-7-6-8-12-18)26(37)23(22)24(32-27(34)38)19-13-9-10-14-20(19)28(29,30)31/h6-14,17,21,24H,5,15-16H2,1-4H3,(H,32,38). The van der Waals surface area contributed by atoms with Crippen LogP contribution in [0.3, 0.4) is 0 Å². The van der Waals surface area contributed by atoms with E-state index >= 15 is 0 Å². The van der Waals surface area contributed by atoms with Gasteiger partial charge in [-0.2, -0.15) is 13.2 Å². The lowest BCUT2D eigenvalue weighted by Gasteiger charge is -2.33. The van der Waals surface area contributed by atoms with Gasteiger partial charge in [0.1, 0.15) is 6.04 Å². The maximum absolute atomic E-state index is 14.0. The number of carbonyl (C=O) groups excluding carboxylic acids is 3. The highest BCUT2D eigenvalue weighted by Gasteiger charge is 2.49. The van der Waals surface area contributed by atoms with E-state index in [0.29, 0.717) is 5.70 Å². The molecule has 2 unspecified atom stereocenters. The summed E-state index contributed by atoms with van der Waals surface area (Å²) >= 11 is 0. The van der Waals surface area contributed by atoms with Crippen LogP contribution in [-0.2, 0) is 22.2 Å². The molecule has 10 heteroatoms. The van der Waals surface area contributed by atoms with Crippen molar-refractivity contribution in [1.82, 2.24) is 20.0 Å². The SMILES string of the molecule is CCN1C(=O)NC(c2ccccc2C(F)(F)F)C2=C1CN(C(Cc1ccccc1)C(=O)N(C)C(C)C)C2=O. The van der Waals surface area contributed by atoms with Crippen molar-refractivity contribution < 1.29 is 27.6 Å². The molecule has 4 rings (SSSR count). The zero-order chi connectivity index (χ0) is 27.8. The summed E-state index contributed by atoms with van der Waals surface area (Å²) in [4.78, 5) is 45.0. The Hall–Kier alpha value is -3.82. The number of hydrogen-bond donors (Lipinski definition) is 1. The number of urea groups is 1. The number of nitrogens with zero attached hydrogens (tertiary/aromatic N) is 3. The van der Waals surface area contributed by atoms with E-state index in [4.69, 9.17) is 0 Å². The van der Waals surface area contributed by atoms with Gasteiger partial charge in [0.05, 0.1) is 29.4 Å². The second-order valence-electron chi connectivity index (χ2n) is 9.75. The molecule has 2 aromatic carbocycles. The molecule has 0 aromatic heterocycles. The Labute approximate surface area is 219 Å². The molecule has 2 aromatic rings. The van der Waals surface area contributed by atoms with Crippen molar-refractivity contribution in [2.24, 2.45) is 0 Å². The largest absolute Gasteiger partial charge is 0.416 e. The van der Waals surface area contributed by atoms with E-state index in [2.05, 4.69) is 5.32 Å². The van der Waals surface area contributed by atoms with E-state index < -0.39 is 35.8 Å². The Morgan fingerprint density at radius 3 is 2.32 bits per heavy atom. The third-order valence-corrected chi connectivity index (χ3v) is 7.20. The lowest BCUT2D eigenvalue weighted by atomic mass is 9.91. The number of benzene rings is 2. The molecule has 0 radical (unpaired) electrons. The highest BCUT2D eigenvalue weighted by molar-refractivity contribution is 6.03. The Balaban J connectivity index is 1.80. The van der Waals surface area contributed by atoms with Gasteiger partial charge >= 0.3 is 12.2 Å². The summed E-state index contributed by atoms with van der Waals surface area (Å²) in [6, 6.07) is 11.2. The van der Waals surface area contributed by atoms with Crippen LogP contribution in [0.15, 0.2) is 65.9 Å². The van der Waals surface area contributed by atoms with Crippen molar-refractivity contribution in [2.45, 2.75) is 51.5 Å². The van der Waals surface area contributed by atoms with Crippen LogP contribution in [0.1, 0.15) is 43.5 Å². The Kier molecular flexibility index (Phi) is 7.53. The topological polar surface area (TPSA) is 73.0 Å². The second kappa shape index (κ2) is 10.5. The number of nitrogens with one attached hydrogen (secondary N) is 1. The molecule has 0 saturated carbocycles. The minimum absolute atomic E-state index is 0.0567. The fourth-order valence-electron chi connectivity index (χ4n) is 5.00. The van der Waals surface area contributed by atoms with E-state index in [1.54, 1.807) is 18.9 Å². The molecule has 202 valence electrons. The van der Waals surface area contributed by atoms with Gasteiger partial charge in [0.25, 0.3) is 5.91 Å². The summed E-state index contributed by atoms with van der Waals surface area (Å²) in [5, 5.41) is 2.61. The normalized spacial score (nSPS) is 18.6. The van der Waals surface area contributed by atoms with E-state index in [9.17, 15) is 27.6 Å². The van der Waals surface area contributed by atoms with E-state index in [-0.39, 0.29) is 42.6 Å². The molecule has 0 saturated heterocycles. The summed E-state index contributed by atoms with van der Waals surface area (Å²) in [6.45, 7) is 5.59. The average molecular weight is 529 g/mol. The maximum atomic E-state index is 14.0. The number of halogens is 3. The first-order chi connectivity index (χ1) is 18.0. The van der Waals surface area contributed by atoms with E-state index in [0.717, 1.165) is 11.6 Å². The molecule has 0 aliphatic carbocycles. The van der Waals surface area contributed by atoms with Crippen LogP contribution in [0, 0.1) is 0 Å². The van der Waals surface area contributed by atoms with Crippen LogP contribution in [0.2, 0.25) is 0 Å². The average Bonchev–Trinajstić information content (AvgIpc) is 3.22. The van der Waals surface area contributed by atoms with Gasteiger partial charge < -0.3 is 15.1 Å². The molecule has 2 aliphatic heterocycles. The number of alkyl halides is 3. The fraction of sp³-hybridized carbons (Fsp3) is 0.393. The lowest BCUT2D eigenvalue weighted by Crippen LogP contribution is -2.51. The third-order valence-electron chi connectivity index (χ3n) is 7.20. The molecule has 2 aliphatic rings. The van der Waals surface area contributed by atoms with E-state index in [1.165, 1.54) is 28.0 Å². The molecule has 4 amide bonds. The second-order valence-corrected chi connectivity index (χ2v) is 9.75. The molecule has 0 spiro atoms. The Morgan fingerprint density at radius 2 is 1.71 bits per heavy atom. The van der Waals surface area contributed by atoms with Gasteiger partial charge in [0.2, 0.25) is 5.91 Å². The monoisotopic (exact) mass is 528 g/mol. The van der Waals surface area contributed by atoms with Crippen molar-refractivity contribution >= 4 is 17.8 Å². The molecular formula is C28H31F3N4O3. The maximum Gasteiger partial charge on any atom is 0.416 e. The van der Waals surface area contributed by atoms with Gasteiger partial charge in [0, 0.05) is 26.1 Å². The van der Waals surface area contributed by atoms with Crippen molar-refractivity contribution in [1.29, 1.82) is 0 Å². The molecule has 1 N–H and O–H groups in total. The van der Waals surface area contributed by atoms with Crippen molar-refractivity contribution in [2.75, 3.05) is 20.1 Å². The minimum Gasteiger partial charge on any atom is -0.342 e. The highest BCUT2D eigenvalue weighted by atomic mass is 19.4.